The number of rotatable bonds is 9. The average molecular weight is 419 g/mol. The van der Waals surface area contributed by atoms with Crippen molar-refractivity contribution in [1.82, 2.24) is 10.9 Å². The molecule has 0 radical (unpaired) electrons. The second-order valence-electron chi connectivity index (χ2n) is 6.04. The molecule has 2 amide bonds. The number of ether oxygens (including phenoxy) is 3. The molecular formula is C21H26N2O5S. The SMILES string of the molecule is CCCCOc1ccc(C(=O)NNC(=O)c2ccc(SC)cc2OC)cc1OC. The fourth-order valence-corrected chi connectivity index (χ4v) is 2.92. The van der Waals surface area contributed by atoms with Gasteiger partial charge in [0.15, 0.2) is 11.5 Å². The Morgan fingerprint density at radius 1 is 0.931 bits per heavy atom. The molecule has 8 heteroatoms. The molecule has 2 rings (SSSR count). The molecule has 2 aromatic rings. The summed E-state index contributed by atoms with van der Waals surface area (Å²) in [7, 11) is 3.00. The van der Waals surface area contributed by atoms with Crippen LogP contribution in [0.2, 0.25) is 0 Å². The quantitative estimate of drug-likeness (QED) is 0.367. The number of amides is 2. The van der Waals surface area contributed by atoms with Crippen LogP contribution in [-0.2, 0) is 0 Å². The Morgan fingerprint density at radius 2 is 1.66 bits per heavy atom. The number of hydrogen-bond acceptors (Lipinski definition) is 6. The zero-order chi connectivity index (χ0) is 21.2. The third-order valence-electron chi connectivity index (χ3n) is 4.12. The zero-order valence-corrected chi connectivity index (χ0v) is 17.9. The normalized spacial score (nSPS) is 10.2. The number of carbonyl (C=O) groups excluding carboxylic acids is 2. The Bertz CT molecular complexity index is 857. The van der Waals surface area contributed by atoms with Gasteiger partial charge >= 0.3 is 0 Å². The molecule has 0 bridgehead atoms. The van der Waals surface area contributed by atoms with E-state index in [0.717, 1.165) is 17.7 Å². The highest BCUT2D eigenvalue weighted by Gasteiger charge is 2.15. The predicted molar refractivity (Wildman–Crippen MR) is 113 cm³/mol. The summed E-state index contributed by atoms with van der Waals surface area (Å²) in [4.78, 5) is 25.8. The van der Waals surface area contributed by atoms with E-state index >= 15 is 0 Å². The van der Waals surface area contributed by atoms with Crippen molar-refractivity contribution in [2.24, 2.45) is 0 Å². The molecule has 0 aliphatic rings. The van der Waals surface area contributed by atoms with Gasteiger partial charge in [0.2, 0.25) is 0 Å². The predicted octanol–water partition coefficient (Wildman–Crippen LogP) is 3.68. The van der Waals surface area contributed by atoms with Crippen molar-refractivity contribution in [1.29, 1.82) is 0 Å². The van der Waals surface area contributed by atoms with Crippen LogP contribution in [0, 0.1) is 0 Å². The van der Waals surface area contributed by atoms with Crippen molar-refractivity contribution in [2.75, 3.05) is 27.1 Å². The maximum absolute atomic E-state index is 12.4. The van der Waals surface area contributed by atoms with Gasteiger partial charge in [0.05, 0.1) is 26.4 Å². The van der Waals surface area contributed by atoms with Gasteiger partial charge in [-0.05, 0) is 49.1 Å². The van der Waals surface area contributed by atoms with Crippen molar-refractivity contribution in [3.63, 3.8) is 0 Å². The zero-order valence-electron chi connectivity index (χ0n) is 17.0. The summed E-state index contributed by atoms with van der Waals surface area (Å²) in [5.74, 6) is 0.499. The molecule has 2 N–H and O–H groups in total. The van der Waals surface area contributed by atoms with Gasteiger partial charge in [-0.15, -0.1) is 11.8 Å². The summed E-state index contributed by atoms with van der Waals surface area (Å²) in [6, 6.07) is 10.1. The summed E-state index contributed by atoms with van der Waals surface area (Å²) in [6.45, 7) is 2.65. The Kier molecular flexibility index (Phi) is 8.67. The Balaban J connectivity index is 2.04. The number of benzene rings is 2. The molecule has 0 spiro atoms. The summed E-state index contributed by atoms with van der Waals surface area (Å²) >= 11 is 1.54. The molecule has 0 saturated heterocycles. The monoisotopic (exact) mass is 418 g/mol. The van der Waals surface area contributed by atoms with Crippen molar-refractivity contribution in [3.05, 3.63) is 47.5 Å². The fourth-order valence-electron chi connectivity index (χ4n) is 2.49. The third-order valence-corrected chi connectivity index (χ3v) is 4.85. The van der Waals surface area contributed by atoms with Gasteiger partial charge in [-0.3, -0.25) is 20.4 Å². The van der Waals surface area contributed by atoms with Crippen LogP contribution in [0.5, 0.6) is 17.2 Å². The number of thioether (sulfide) groups is 1. The minimum absolute atomic E-state index is 0.322. The molecule has 0 saturated carbocycles. The second kappa shape index (κ2) is 11.2. The smallest absolute Gasteiger partial charge is 0.273 e. The van der Waals surface area contributed by atoms with Crippen LogP contribution in [0.4, 0.5) is 0 Å². The number of hydrazine groups is 1. The highest BCUT2D eigenvalue weighted by atomic mass is 32.2. The first-order chi connectivity index (χ1) is 14.0. The summed E-state index contributed by atoms with van der Waals surface area (Å²) in [6.07, 6.45) is 3.88. The van der Waals surface area contributed by atoms with E-state index in [1.807, 2.05) is 12.3 Å². The molecule has 29 heavy (non-hydrogen) atoms. The van der Waals surface area contributed by atoms with Crippen LogP contribution in [0.1, 0.15) is 40.5 Å². The molecule has 0 aliphatic heterocycles. The van der Waals surface area contributed by atoms with Gasteiger partial charge < -0.3 is 14.2 Å². The molecule has 0 aliphatic carbocycles. The first-order valence-electron chi connectivity index (χ1n) is 9.17. The van der Waals surface area contributed by atoms with E-state index in [1.54, 1.807) is 42.1 Å². The van der Waals surface area contributed by atoms with Gasteiger partial charge in [-0.2, -0.15) is 0 Å². The lowest BCUT2D eigenvalue weighted by atomic mass is 10.2. The van der Waals surface area contributed by atoms with Crippen LogP contribution < -0.4 is 25.1 Å². The van der Waals surface area contributed by atoms with Crippen LogP contribution in [0.15, 0.2) is 41.3 Å². The number of methoxy groups -OCH3 is 2. The topological polar surface area (TPSA) is 85.9 Å². The minimum Gasteiger partial charge on any atom is -0.496 e. The van der Waals surface area contributed by atoms with Crippen molar-refractivity contribution in [3.8, 4) is 17.2 Å². The van der Waals surface area contributed by atoms with Crippen molar-refractivity contribution in [2.45, 2.75) is 24.7 Å². The molecule has 0 atom stereocenters. The van der Waals surface area contributed by atoms with Crippen molar-refractivity contribution >= 4 is 23.6 Å². The molecule has 156 valence electrons. The number of carbonyl (C=O) groups is 2. The van der Waals surface area contributed by atoms with Crippen LogP contribution in [-0.4, -0.2) is 38.9 Å². The second-order valence-corrected chi connectivity index (χ2v) is 6.92. The number of nitrogens with one attached hydrogen (secondary N) is 2. The van der Waals surface area contributed by atoms with E-state index in [-0.39, 0.29) is 0 Å². The van der Waals surface area contributed by atoms with Gasteiger partial charge in [-0.25, -0.2) is 0 Å². The standard InChI is InChI=1S/C21H26N2O5S/c1-5-6-11-28-17-10-7-14(12-19(17)27-3)20(24)22-23-21(25)16-9-8-15(29-4)13-18(16)26-2/h7-10,12-13H,5-6,11H2,1-4H3,(H,22,24)(H,23,25). The Morgan fingerprint density at radius 3 is 2.31 bits per heavy atom. The highest BCUT2D eigenvalue weighted by molar-refractivity contribution is 7.98. The Hall–Kier alpha value is -2.87. The molecule has 0 aromatic heterocycles. The Labute approximate surface area is 175 Å². The molecule has 0 heterocycles. The van der Waals surface area contributed by atoms with E-state index < -0.39 is 11.8 Å². The number of unbranched alkanes of at least 4 members (excludes halogenated alkanes) is 1. The lowest BCUT2D eigenvalue weighted by molar-refractivity contribution is 0.0844. The largest absolute Gasteiger partial charge is 0.496 e. The lowest BCUT2D eigenvalue weighted by Crippen LogP contribution is -2.41. The molecule has 0 unspecified atom stereocenters. The molecule has 2 aromatic carbocycles. The third kappa shape index (κ3) is 6.05. The summed E-state index contributed by atoms with van der Waals surface area (Å²) in [5.41, 5.74) is 5.46. The highest BCUT2D eigenvalue weighted by Crippen LogP contribution is 2.28. The van der Waals surface area contributed by atoms with E-state index in [0.29, 0.717) is 35.0 Å². The molecule has 7 nitrogen and oxygen atoms in total. The van der Waals surface area contributed by atoms with E-state index in [4.69, 9.17) is 14.2 Å². The van der Waals surface area contributed by atoms with E-state index in [9.17, 15) is 9.59 Å². The number of hydrogen-bond donors (Lipinski definition) is 2. The van der Waals surface area contributed by atoms with Crippen molar-refractivity contribution < 1.29 is 23.8 Å². The van der Waals surface area contributed by atoms with Gasteiger partial charge in [0.25, 0.3) is 11.8 Å². The van der Waals surface area contributed by atoms with E-state index in [1.165, 1.54) is 14.2 Å². The van der Waals surface area contributed by atoms with E-state index in [2.05, 4.69) is 17.8 Å². The van der Waals surface area contributed by atoms with Gasteiger partial charge in [0, 0.05) is 10.5 Å². The maximum atomic E-state index is 12.4. The lowest BCUT2D eigenvalue weighted by Gasteiger charge is -2.13. The molecular weight excluding hydrogens is 392 g/mol. The summed E-state index contributed by atoms with van der Waals surface area (Å²) < 4.78 is 16.2. The summed E-state index contributed by atoms with van der Waals surface area (Å²) in [5, 5.41) is 0. The first-order valence-corrected chi connectivity index (χ1v) is 10.4. The van der Waals surface area contributed by atoms with Gasteiger partial charge in [-0.1, -0.05) is 13.3 Å². The van der Waals surface area contributed by atoms with Crippen LogP contribution in [0.25, 0.3) is 0 Å². The fraction of sp³-hybridized carbons (Fsp3) is 0.333. The van der Waals surface area contributed by atoms with Crippen LogP contribution in [0.3, 0.4) is 0 Å². The maximum Gasteiger partial charge on any atom is 0.273 e. The minimum atomic E-state index is -0.477. The van der Waals surface area contributed by atoms with Gasteiger partial charge in [0.1, 0.15) is 5.75 Å². The van der Waals surface area contributed by atoms with Crippen LogP contribution >= 0.6 is 11.8 Å². The first kappa shape index (κ1) is 22.4. The molecule has 0 fully saturated rings. The average Bonchev–Trinajstić information content (AvgIpc) is 2.76.